The van der Waals surface area contributed by atoms with Crippen molar-refractivity contribution in [2.45, 2.75) is 0 Å². The summed E-state index contributed by atoms with van der Waals surface area (Å²) in [6.07, 6.45) is 3.10. The van der Waals surface area contributed by atoms with Crippen LogP contribution in [0.4, 0.5) is 5.69 Å². The van der Waals surface area contributed by atoms with E-state index in [9.17, 15) is 14.9 Å². The molecular formula is C16H15N3O4. The van der Waals surface area contributed by atoms with Crippen LogP contribution in [0.2, 0.25) is 0 Å². The maximum atomic E-state index is 10.9. The summed E-state index contributed by atoms with van der Waals surface area (Å²) >= 11 is 0. The number of carboxylic acid groups (broad SMARTS) is 1. The Bertz CT molecular complexity index is 777. The van der Waals surface area contributed by atoms with Gasteiger partial charge in [0.05, 0.1) is 10.5 Å². The molecule has 0 saturated carbocycles. The Morgan fingerprint density at radius 1 is 1.48 bits per heavy atom. The van der Waals surface area contributed by atoms with E-state index >= 15 is 0 Å². The number of allylic oxidation sites excluding steroid dienone is 1. The van der Waals surface area contributed by atoms with E-state index in [1.54, 1.807) is 30.2 Å². The second-order valence-electron chi connectivity index (χ2n) is 4.90. The smallest absolute Gasteiger partial charge is 0.335 e. The van der Waals surface area contributed by atoms with Gasteiger partial charge in [-0.3, -0.25) is 10.1 Å². The predicted molar refractivity (Wildman–Crippen MR) is 86.0 cm³/mol. The lowest BCUT2D eigenvalue weighted by atomic mass is 10.1. The van der Waals surface area contributed by atoms with Crippen LogP contribution in [-0.2, 0) is 4.79 Å². The van der Waals surface area contributed by atoms with Crippen molar-refractivity contribution in [1.82, 2.24) is 10.2 Å². The maximum Gasteiger partial charge on any atom is 0.335 e. The number of aliphatic carboxylic acids is 1. The Kier molecular flexibility index (Phi) is 4.31. The van der Waals surface area contributed by atoms with Crippen molar-refractivity contribution in [1.29, 1.82) is 0 Å². The molecule has 0 aliphatic carbocycles. The van der Waals surface area contributed by atoms with E-state index in [-0.39, 0.29) is 11.3 Å². The summed E-state index contributed by atoms with van der Waals surface area (Å²) in [5.74, 6) is -0.670. The van der Waals surface area contributed by atoms with Crippen LogP contribution < -0.4 is 5.32 Å². The summed E-state index contributed by atoms with van der Waals surface area (Å²) in [5.41, 5.74) is 1.67. The van der Waals surface area contributed by atoms with Gasteiger partial charge in [-0.1, -0.05) is 25.3 Å². The minimum absolute atomic E-state index is 0.0322. The van der Waals surface area contributed by atoms with Crippen LogP contribution >= 0.6 is 0 Å². The number of nitro benzene ring substituents is 1. The third-order valence-electron chi connectivity index (χ3n) is 3.32. The molecule has 0 amide bonds. The third-order valence-corrected chi connectivity index (χ3v) is 3.32. The first-order chi connectivity index (χ1) is 10.8. The number of nitrogens with zero attached hydrogens (tertiary/aromatic N) is 2. The molecule has 0 atom stereocenters. The first kappa shape index (κ1) is 16.0. The van der Waals surface area contributed by atoms with Gasteiger partial charge in [-0.15, -0.1) is 0 Å². The van der Waals surface area contributed by atoms with E-state index in [4.69, 9.17) is 5.11 Å². The number of likely N-dealkylation sites (N-methyl/N-ethyl adjacent to an activating group) is 1. The zero-order valence-corrected chi connectivity index (χ0v) is 12.4. The van der Waals surface area contributed by atoms with Crippen molar-refractivity contribution in [2.75, 3.05) is 7.05 Å². The predicted octanol–water partition coefficient (Wildman–Crippen LogP) is 2.47. The van der Waals surface area contributed by atoms with E-state index in [1.165, 1.54) is 18.2 Å². The largest absolute Gasteiger partial charge is 0.478 e. The highest BCUT2D eigenvalue weighted by atomic mass is 16.6. The van der Waals surface area contributed by atoms with Gasteiger partial charge in [0.15, 0.2) is 0 Å². The number of hydrogen-bond acceptors (Lipinski definition) is 5. The van der Waals surface area contributed by atoms with Gasteiger partial charge in [-0.05, 0) is 12.2 Å². The lowest BCUT2D eigenvalue weighted by Crippen LogP contribution is -2.31. The maximum absolute atomic E-state index is 10.9. The molecule has 0 unspecified atom stereocenters. The molecule has 1 heterocycles. The average molecular weight is 313 g/mol. The third kappa shape index (κ3) is 3.46. The molecule has 0 bridgehead atoms. The molecule has 2 N–H and O–H groups in total. The summed E-state index contributed by atoms with van der Waals surface area (Å²) in [6, 6.07) is 6.13. The van der Waals surface area contributed by atoms with Gasteiger partial charge in [0.1, 0.15) is 5.82 Å². The molecule has 23 heavy (non-hydrogen) atoms. The number of carboxylic acids is 1. The molecule has 1 aliphatic heterocycles. The van der Waals surface area contributed by atoms with E-state index < -0.39 is 10.9 Å². The van der Waals surface area contributed by atoms with Crippen LogP contribution in [0.1, 0.15) is 5.56 Å². The van der Waals surface area contributed by atoms with Crippen LogP contribution in [0.3, 0.4) is 0 Å². The highest BCUT2D eigenvalue weighted by Gasteiger charge is 2.19. The first-order valence-electron chi connectivity index (χ1n) is 6.59. The van der Waals surface area contributed by atoms with Crippen molar-refractivity contribution in [3.63, 3.8) is 0 Å². The average Bonchev–Trinajstić information content (AvgIpc) is 2.51. The fourth-order valence-electron chi connectivity index (χ4n) is 1.98. The second kappa shape index (κ2) is 6.18. The highest BCUT2D eigenvalue weighted by Crippen LogP contribution is 2.26. The van der Waals surface area contributed by atoms with Crippen molar-refractivity contribution in [3.8, 4) is 0 Å². The summed E-state index contributed by atoms with van der Waals surface area (Å²) < 4.78 is 0. The van der Waals surface area contributed by atoms with Gasteiger partial charge in [-0.2, -0.15) is 0 Å². The van der Waals surface area contributed by atoms with Crippen LogP contribution in [0.25, 0.3) is 5.70 Å². The van der Waals surface area contributed by atoms with Crippen molar-refractivity contribution >= 4 is 17.4 Å². The molecular weight excluding hydrogens is 298 g/mol. The molecule has 7 heteroatoms. The minimum atomic E-state index is -1.13. The van der Waals surface area contributed by atoms with Gasteiger partial charge in [0.25, 0.3) is 5.69 Å². The highest BCUT2D eigenvalue weighted by molar-refractivity contribution is 5.89. The molecule has 118 valence electrons. The molecule has 0 spiro atoms. The number of rotatable bonds is 4. The lowest BCUT2D eigenvalue weighted by Gasteiger charge is -2.30. The fourth-order valence-corrected chi connectivity index (χ4v) is 1.98. The van der Waals surface area contributed by atoms with Crippen LogP contribution in [0, 0.1) is 10.1 Å². The van der Waals surface area contributed by atoms with Gasteiger partial charge in [-0.25, -0.2) is 4.79 Å². The van der Waals surface area contributed by atoms with Crippen LogP contribution in [0.15, 0.2) is 66.7 Å². The molecule has 0 radical (unpaired) electrons. The SMILES string of the molecule is C=C(/C=C1/NC(c2cccc([N+](=O)[O-])c2)=CC(=C)N1C)C(=O)O. The summed E-state index contributed by atoms with van der Waals surface area (Å²) in [7, 11) is 1.72. The fraction of sp³-hybridized carbons (Fsp3) is 0.0625. The number of benzene rings is 1. The molecule has 7 nitrogen and oxygen atoms in total. The zero-order valence-electron chi connectivity index (χ0n) is 12.4. The molecule has 1 aromatic rings. The summed E-state index contributed by atoms with van der Waals surface area (Å²) in [5, 5.41) is 22.9. The Balaban J connectivity index is 2.41. The Labute approximate surface area is 132 Å². The Hall–Kier alpha value is -3.35. The van der Waals surface area contributed by atoms with E-state index in [0.29, 0.717) is 22.8 Å². The quantitative estimate of drug-likeness (QED) is 0.503. The first-order valence-corrected chi connectivity index (χ1v) is 6.59. The minimum Gasteiger partial charge on any atom is -0.478 e. The van der Waals surface area contributed by atoms with Gasteiger partial charge in [0.2, 0.25) is 0 Å². The molecule has 0 fully saturated rings. The molecule has 2 rings (SSSR count). The van der Waals surface area contributed by atoms with Gasteiger partial charge in [0, 0.05) is 36.1 Å². The second-order valence-corrected chi connectivity index (χ2v) is 4.90. The van der Waals surface area contributed by atoms with Crippen LogP contribution in [0.5, 0.6) is 0 Å². The monoisotopic (exact) mass is 313 g/mol. The summed E-state index contributed by atoms with van der Waals surface area (Å²) in [4.78, 5) is 23.0. The molecule has 1 aliphatic rings. The van der Waals surface area contributed by atoms with Crippen molar-refractivity contribution < 1.29 is 14.8 Å². The number of non-ortho nitro benzene ring substituents is 1. The standard InChI is InChI=1S/C16H15N3O4/c1-10(16(20)21)7-15-17-14(8-11(2)18(15)3)12-5-4-6-13(9-12)19(22)23/h4-9,17H,1-2H2,3H3,(H,20,21)/b15-7-. The van der Waals surface area contributed by atoms with Crippen LogP contribution in [-0.4, -0.2) is 27.9 Å². The molecule has 1 aromatic carbocycles. The number of nitrogens with one attached hydrogen (secondary N) is 1. The normalized spacial score (nSPS) is 15.9. The van der Waals surface area contributed by atoms with E-state index in [0.717, 1.165) is 0 Å². The topological polar surface area (TPSA) is 95.7 Å². The Morgan fingerprint density at radius 2 is 2.17 bits per heavy atom. The van der Waals surface area contributed by atoms with Gasteiger partial charge >= 0.3 is 5.97 Å². The Morgan fingerprint density at radius 3 is 2.78 bits per heavy atom. The van der Waals surface area contributed by atoms with E-state index in [2.05, 4.69) is 18.5 Å². The zero-order chi connectivity index (χ0) is 17.1. The number of carbonyl (C=O) groups is 1. The number of hydrogen-bond donors (Lipinski definition) is 2. The lowest BCUT2D eigenvalue weighted by molar-refractivity contribution is -0.384. The molecule has 0 aromatic heterocycles. The van der Waals surface area contributed by atoms with Gasteiger partial charge < -0.3 is 15.3 Å². The molecule has 0 saturated heterocycles. The number of nitro groups is 1. The van der Waals surface area contributed by atoms with E-state index in [1.807, 2.05) is 0 Å². The van der Waals surface area contributed by atoms with Crippen molar-refractivity contribution in [2.24, 2.45) is 0 Å². The summed E-state index contributed by atoms with van der Waals surface area (Å²) in [6.45, 7) is 7.35. The van der Waals surface area contributed by atoms with Crippen molar-refractivity contribution in [3.05, 3.63) is 82.3 Å².